The van der Waals surface area contributed by atoms with Gasteiger partial charge in [0.05, 0.1) is 50.1 Å². The van der Waals surface area contributed by atoms with Crippen LogP contribution in [0, 0.1) is 0 Å². The number of nitrogens with two attached hydrogens (primary N) is 1. The van der Waals surface area contributed by atoms with Crippen molar-refractivity contribution in [3.63, 3.8) is 0 Å². The van der Waals surface area contributed by atoms with Crippen LogP contribution in [0.5, 0.6) is 0 Å². The monoisotopic (exact) mass is 408 g/mol. The highest BCUT2D eigenvalue weighted by atomic mass is 32.2. The Morgan fingerprint density at radius 1 is 1.11 bits per heavy atom. The second-order valence-corrected chi connectivity index (χ2v) is 7.68. The number of amides is 2. The molecule has 1 heterocycles. The fraction of sp³-hybridized carbons (Fsp3) is 0.526. The third kappa shape index (κ3) is 7.23. The Hall–Kier alpha value is -1.94. The average molecular weight is 409 g/mol. The Morgan fingerprint density at radius 2 is 1.82 bits per heavy atom. The molecule has 0 spiro atoms. The SMILES string of the molecule is CC1N=C(NC(=O)c2ccccc2NC(=O)CCOCCOCCN)SC1C. The van der Waals surface area contributed by atoms with Crippen molar-refractivity contribution in [3.05, 3.63) is 29.8 Å². The summed E-state index contributed by atoms with van der Waals surface area (Å²) >= 11 is 1.53. The predicted molar refractivity (Wildman–Crippen MR) is 112 cm³/mol. The summed E-state index contributed by atoms with van der Waals surface area (Å²) in [6.07, 6.45) is 0.185. The molecule has 154 valence electrons. The molecule has 0 aromatic heterocycles. The van der Waals surface area contributed by atoms with Crippen molar-refractivity contribution in [1.82, 2.24) is 5.32 Å². The molecule has 2 unspecified atom stereocenters. The Balaban J connectivity index is 1.82. The van der Waals surface area contributed by atoms with Crippen LogP contribution < -0.4 is 16.4 Å². The number of hydrogen-bond acceptors (Lipinski definition) is 7. The molecular weight excluding hydrogens is 380 g/mol. The van der Waals surface area contributed by atoms with Crippen LogP contribution in [0.2, 0.25) is 0 Å². The lowest BCUT2D eigenvalue weighted by atomic mass is 10.1. The number of rotatable bonds is 10. The molecule has 2 amide bonds. The quantitative estimate of drug-likeness (QED) is 0.507. The lowest BCUT2D eigenvalue weighted by Gasteiger charge is -2.11. The molecule has 0 saturated heterocycles. The van der Waals surface area contributed by atoms with Gasteiger partial charge in [-0.05, 0) is 19.1 Å². The Morgan fingerprint density at radius 3 is 2.50 bits per heavy atom. The molecule has 0 aliphatic carbocycles. The first-order valence-corrected chi connectivity index (χ1v) is 10.2. The van der Waals surface area contributed by atoms with Crippen LogP contribution in [0.4, 0.5) is 5.69 Å². The molecule has 1 aliphatic heterocycles. The van der Waals surface area contributed by atoms with E-state index in [2.05, 4.69) is 22.5 Å². The Kier molecular flexibility index (Phi) is 9.42. The summed E-state index contributed by atoms with van der Waals surface area (Å²) in [5.74, 6) is -0.519. The summed E-state index contributed by atoms with van der Waals surface area (Å²) in [7, 11) is 0. The molecule has 0 saturated carbocycles. The van der Waals surface area contributed by atoms with Gasteiger partial charge in [0.2, 0.25) is 5.91 Å². The molecule has 1 aromatic rings. The van der Waals surface area contributed by atoms with Crippen molar-refractivity contribution < 1.29 is 19.1 Å². The summed E-state index contributed by atoms with van der Waals surface area (Å²) in [5.41, 5.74) is 6.17. The first-order valence-electron chi connectivity index (χ1n) is 9.31. The van der Waals surface area contributed by atoms with Gasteiger partial charge in [0.1, 0.15) is 0 Å². The van der Waals surface area contributed by atoms with Crippen LogP contribution in [0.1, 0.15) is 30.6 Å². The Bertz CT molecular complexity index is 698. The molecule has 0 fully saturated rings. The summed E-state index contributed by atoms with van der Waals surface area (Å²) in [6.45, 7) is 6.17. The van der Waals surface area contributed by atoms with Gasteiger partial charge >= 0.3 is 0 Å². The lowest BCUT2D eigenvalue weighted by molar-refractivity contribution is -0.117. The average Bonchev–Trinajstić information content (AvgIpc) is 2.98. The van der Waals surface area contributed by atoms with E-state index in [1.807, 2.05) is 6.92 Å². The second kappa shape index (κ2) is 11.8. The molecule has 1 aromatic carbocycles. The number of nitrogens with zero attached hydrogens (tertiary/aromatic N) is 1. The van der Waals surface area contributed by atoms with E-state index in [4.69, 9.17) is 15.2 Å². The maximum atomic E-state index is 12.6. The number of thioether (sulfide) groups is 1. The van der Waals surface area contributed by atoms with Gasteiger partial charge in [0.25, 0.3) is 5.91 Å². The molecule has 9 heteroatoms. The van der Waals surface area contributed by atoms with Crippen LogP contribution in [-0.2, 0) is 14.3 Å². The molecule has 2 atom stereocenters. The van der Waals surface area contributed by atoms with Crippen molar-refractivity contribution in [3.8, 4) is 0 Å². The van der Waals surface area contributed by atoms with E-state index in [1.54, 1.807) is 24.3 Å². The largest absolute Gasteiger partial charge is 0.379 e. The molecule has 4 N–H and O–H groups in total. The standard InChI is InChI=1S/C19H28N4O4S/c1-13-14(2)28-19(21-13)23-18(25)15-5-3-4-6-16(15)22-17(24)7-9-26-11-12-27-10-8-20/h3-6,13-14H,7-12,20H2,1-2H3,(H,22,24)(H,21,23,25). The number of anilines is 1. The number of carbonyl (C=O) groups is 2. The first kappa shape index (κ1) is 22.4. The molecule has 8 nitrogen and oxygen atoms in total. The summed E-state index contributed by atoms with van der Waals surface area (Å²) < 4.78 is 10.5. The number of para-hydroxylation sites is 1. The fourth-order valence-corrected chi connectivity index (χ4v) is 3.38. The van der Waals surface area contributed by atoms with Crippen molar-refractivity contribution in [1.29, 1.82) is 0 Å². The smallest absolute Gasteiger partial charge is 0.259 e. The summed E-state index contributed by atoms with van der Waals surface area (Å²) in [6, 6.07) is 7.05. The minimum atomic E-state index is -0.295. The topological polar surface area (TPSA) is 115 Å². The molecule has 28 heavy (non-hydrogen) atoms. The van der Waals surface area contributed by atoms with Crippen LogP contribution in [0.3, 0.4) is 0 Å². The third-order valence-electron chi connectivity index (χ3n) is 4.07. The van der Waals surface area contributed by atoms with Gasteiger partial charge in [0.15, 0.2) is 5.17 Å². The van der Waals surface area contributed by atoms with Gasteiger partial charge in [-0.3, -0.25) is 14.6 Å². The van der Waals surface area contributed by atoms with Crippen molar-refractivity contribution >= 4 is 34.4 Å². The molecule has 2 rings (SSSR count). The summed E-state index contributed by atoms with van der Waals surface area (Å²) in [4.78, 5) is 29.2. The minimum Gasteiger partial charge on any atom is -0.379 e. The normalized spacial score (nSPS) is 18.6. The number of carbonyl (C=O) groups excluding carboxylic acids is 2. The van der Waals surface area contributed by atoms with Crippen LogP contribution in [0.25, 0.3) is 0 Å². The number of benzene rings is 1. The maximum Gasteiger partial charge on any atom is 0.259 e. The highest BCUT2D eigenvalue weighted by molar-refractivity contribution is 8.14. The van der Waals surface area contributed by atoms with Crippen molar-refractivity contribution in [2.45, 2.75) is 31.6 Å². The van der Waals surface area contributed by atoms with E-state index in [-0.39, 0.29) is 30.9 Å². The zero-order chi connectivity index (χ0) is 20.4. The number of aliphatic imine (C=N–C) groups is 1. The van der Waals surface area contributed by atoms with E-state index >= 15 is 0 Å². The van der Waals surface area contributed by atoms with Crippen LogP contribution >= 0.6 is 11.8 Å². The molecule has 0 radical (unpaired) electrons. The second-order valence-electron chi connectivity index (χ2n) is 6.31. The van der Waals surface area contributed by atoms with Gasteiger partial charge in [-0.1, -0.05) is 30.8 Å². The number of hydrogen-bond donors (Lipinski definition) is 3. The van der Waals surface area contributed by atoms with Crippen LogP contribution in [0.15, 0.2) is 29.3 Å². The molecule has 0 bridgehead atoms. The lowest BCUT2D eigenvalue weighted by Crippen LogP contribution is -2.29. The maximum absolute atomic E-state index is 12.6. The van der Waals surface area contributed by atoms with E-state index in [1.165, 1.54) is 11.8 Å². The number of ether oxygens (including phenoxy) is 2. The van der Waals surface area contributed by atoms with E-state index in [9.17, 15) is 9.59 Å². The van der Waals surface area contributed by atoms with Gasteiger partial charge in [0, 0.05) is 11.8 Å². The van der Waals surface area contributed by atoms with E-state index in [0.717, 1.165) is 0 Å². The van der Waals surface area contributed by atoms with E-state index < -0.39 is 0 Å². The Labute approximate surface area is 169 Å². The third-order valence-corrected chi connectivity index (χ3v) is 5.27. The van der Waals surface area contributed by atoms with Crippen molar-refractivity contribution in [2.75, 3.05) is 38.3 Å². The number of amidine groups is 1. The number of nitrogens with one attached hydrogen (secondary N) is 2. The van der Waals surface area contributed by atoms with E-state index in [0.29, 0.717) is 48.0 Å². The zero-order valence-electron chi connectivity index (χ0n) is 16.3. The van der Waals surface area contributed by atoms with Gasteiger partial charge in [-0.15, -0.1) is 0 Å². The highest BCUT2D eigenvalue weighted by Crippen LogP contribution is 2.25. The minimum absolute atomic E-state index is 0.163. The van der Waals surface area contributed by atoms with Crippen LogP contribution in [-0.4, -0.2) is 61.2 Å². The molecule has 1 aliphatic rings. The van der Waals surface area contributed by atoms with Gasteiger partial charge < -0.3 is 25.8 Å². The zero-order valence-corrected chi connectivity index (χ0v) is 17.1. The summed E-state index contributed by atoms with van der Waals surface area (Å²) in [5, 5.41) is 6.53. The highest BCUT2D eigenvalue weighted by Gasteiger charge is 2.24. The van der Waals surface area contributed by atoms with Gasteiger partial charge in [-0.2, -0.15) is 0 Å². The molecular formula is C19H28N4O4S. The van der Waals surface area contributed by atoms with Crippen molar-refractivity contribution in [2.24, 2.45) is 10.7 Å². The fourth-order valence-electron chi connectivity index (χ4n) is 2.39. The van der Waals surface area contributed by atoms with Gasteiger partial charge in [-0.25, -0.2) is 0 Å². The predicted octanol–water partition coefficient (Wildman–Crippen LogP) is 1.62. The first-order chi connectivity index (χ1) is 13.5.